The Labute approximate surface area is 138 Å². The first-order chi connectivity index (χ1) is 11.6. The summed E-state index contributed by atoms with van der Waals surface area (Å²) in [4.78, 5) is 21.9. The minimum Gasteiger partial charge on any atom is -0.497 e. The second kappa shape index (κ2) is 5.19. The van der Waals surface area contributed by atoms with Gasteiger partial charge in [0, 0.05) is 18.9 Å². The number of ether oxygens (including phenoxy) is 1. The van der Waals surface area contributed by atoms with E-state index in [0.29, 0.717) is 16.7 Å². The molecule has 0 aliphatic rings. The predicted octanol–water partition coefficient (Wildman–Crippen LogP) is 2.59. The molecule has 3 heterocycles. The molecule has 0 atom stereocenters. The second-order valence-corrected chi connectivity index (χ2v) is 5.68. The number of pyridine rings is 1. The van der Waals surface area contributed by atoms with E-state index >= 15 is 0 Å². The normalized spacial score (nSPS) is 11.3. The molecule has 0 aliphatic carbocycles. The molecule has 0 fully saturated rings. The average molecular weight is 320 g/mol. The quantitative estimate of drug-likeness (QED) is 0.569. The van der Waals surface area contributed by atoms with Gasteiger partial charge in [-0.15, -0.1) is 0 Å². The van der Waals surface area contributed by atoms with E-state index in [1.165, 1.54) is 0 Å². The van der Waals surface area contributed by atoms with Crippen molar-refractivity contribution in [2.75, 3.05) is 7.11 Å². The highest BCUT2D eigenvalue weighted by molar-refractivity contribution is 6.01. The summed E-state index contributed by atoms with van der Waals surface area (Å²) < 4.78 is 8.77. The van der Waals surface area contributed by atoms with Gasteiger partial charge in [-0.25, -0.2) is 9.97 Å². The summed E-state index contributed by atoms with van der Waals surface area (Å²) in [6, 6.07) is 9.20. The topological polar surface area (TPSA) is 61.9 Å². The van der Waals surface area contributed by atoms with Crippen molar-refractivity contribution in [3.8, 4) is 11.4 Å². The van der Waals surface area contributed by atoms with Crippen LogP contribution in [0.4, 0.5) is 0 Å². The smallest absolute Gasteiger partial charge is 0.265 e. The van der Waals surface area contributed by atoms with Crippen LogP contribution in [0.3, 0.4) is 0 Å². The summed E-state index contributed by atoms with van der Waals surface area (Å²) in [5.74, 6) is 1.41. The first-order valence-corrected chi connectivity index (χ1v) is 7.58. The lowest BCUT2D eigenvalue weighted by molar-refractivity contribution is 0.415. The number of benzene rings is 1. The maximum absolute atomic E-state index is 13.1. The Morgan fingerprint density at radius 2 is 1.88 bits per heavy atom. The lowest BCUT2D eigenvalue weighted by atomic mass is 10.2. The third-order valence-corrected chi connectivity index (χ3v) is 4.19. The molecule has 6 nitrogen and oxygen atoms in total. The van der Waals surface area contributed by atoms with Gasteiger partial charge in [-0.2, -0.15) is 0 Å². The van der Waals surface area contributed by atoms with Crippen molar-refractivity contribution in [2.45, 2.75) is 6.92 Å². The van der Waals surface area contributed by atoms with Gasteiger partial charge in [-0.05, 0) is 37.3 Å². The highest BCUT2D eigenvalue weighted by atomic mass is 16.5. The number of methoxy groups -OCH3 is 1. The second-order valence-electron chi connectivity index (χ2n) is 5.68. The Morgan fingerprint density at radius 1 is 1.12 bits per heavy atom. The minimum atomic E-state index is -0.0873. The average Bonchev–Trinajstić information content (AvgIpc) is 2.98. The number of rotatable bonds is 2. The van der Waals surface area contributed by atoms with Crippen LogP contribution in [0.5, 0.6) is 5.75 Å². The number of aromatic nitrogens is 4. The zero-order chi connectivity index (χ0) is 16.8. The van der Waals surface area contributed by atoms with Gasteiger partial charge in [0.05, 0.1) is 29.7 Å². The molecule has 0 amide bonds. The van der Waals surface area contributed by atoms with E-state index in [9.17, 15) is 4.79 Å². The lowest BCUT2D eigenvalue weighted by Crippen LogP contribution is -2.19. The summed E-state index contributed by atoms with van der Waals surface area (Å²) in [6.45, 7) is 1.84. The molecule has 0 unspecified atom stereocenters. The van der Waals surface area contributed by atoms with E-state index in [2.05, 4.69) is 9.97 Å². The fourth-order valence-corrected chi connectivity index (χ4v) is 3.02. The van der Waals surface area contributed by atoms with E-state index in [4.69, 9.17) is 4.74 Å². The van der Waals surface area contributed by atoms with Crippen LogP contribution < -0.4 is 10.3 Å². The molecule has 1 aromatic carbocycles. The van der Waals surface area contributed by atoms with Gasteiger partial charge in [0.15, 0.2) is 0 Å². The Kier molecular flexibility index (Phi) is 3.13. The van der Waals surface area contributed by atoms with Gasteiger partial charge in [0.1, 0.15) is 17.1 Å². The van der Waals surface area contributed by atoms with Gasteiger partial charge < -0.3 is 9.30 Å². The van der Waals surface area contributed by atoms with Gasteiger partial charge in [0.25, 0.3) is 5.56 Å². The van der Waals surface area contributed by atoms with Crippen molar-refractivity contribution < 1.29 is 4.74 Å². The van der Waals surface area contributed by atoms with Crippen LogP contribution in [0.2, 0.25) is 0 Å². The van der Waals surface area contributed by atoms with Crippen LogP contribution >= 0.6 is 0 Å². The van der Waals surface area contributed by atoms with Crippen LogP contribution in [0.1, 0.15) is 5.82 Å². The molecule has 0 aliphatic heterocycles. The summed E-state index contributed by atoms with van der Waals surface area (Å²) in [6.07, 6.45) is 3.58. The molecule has 3 aromatic heterocycles. The molecule has 0 saturated carbocycles. The largest absolute Gasteiger partial charge is 0.497 e. The van der Waals surface area contributed by atoms with Gasteiger partial charge in [0.2, 0.25) is 0 Å². The lowest BCUT2D eigenvalue weighted by Gasteiger charge is -2.12. The molecule has 6 heteroatoms. The third-order valence-electron chi connectivity index (χ3n) is 4.19. The Balaban J connectivity index is 2.17. The molecular weight excluding hydrogens is 304 g/mol. The molecule has 120 valence electrons. The van der Waals surface area contributed by atoms with E-state index < -0.39 is 0 Å². The molecule has 0 N–H and O–H groups in total. The van der Waals surface area contributed by atoms with Crippen LogP contribution in [0.25, 0.3) is 27.6 Å². The Morgan fingerprint density at radius 3 is 2.58 bits per heavy atom. The van der Waals surface area contributed by atoms with Crippen molar-refractivity contribution in [1.82, 2.24) is 19.1 Å². The summed E-state index contributed by atoms with van der Waals surface area (Å²) >= 11 is 0. The third kappa shape index (κ3) is 2.00. The van der Waals surface area contributed by atoms with E-state index in [-0.39, 0.29) is 5.56 Å². The standard InChI is InChI=1S/C18H16N4O2/c1-11-19-10-15-16(20-11)17-14(8-9-21(17)2)18(23)22(15)12-4-6-13(24-3)7-5-12/h4-10H,1-3H3. The van der Waals surface area contributed by atoms with Crippen molar-refractivity contribution >= 4 is 21.9 Å². The summed E-state index contributed by atoms with van der Waals surface area (Å²) in [5, 5.41) is 0.638. The predicted molar refractivity (Wildman–Crippen MR) is 92.9 cm³/mol. The Bertz CT molecular complexity index is 1120. The fourth-order valence-electron chi connectivity index (χ4n) is 3.02. The Hall–Kier alpha value is -3.15. The zero-order valence-electron chi connectivity index (χ0n) is 13.6. The van der Waals surface area contributed by atoms with Gasteiger partial charge >= 0.3 is 0 Å². The maximum Gasteiger partial charge on any atom is 0.265 e. The summed E-state index contributed by atoms with van der Waals surface area (Å²) in [5.41, 5.74) is 2.94. The molecule has 0 radical (unpaired) electrons. The number of hydrogen-bond acceptors (Lipinski definition) is 4. The number of aryl methyl sites for hydroxylation is 2. The van der Waals surface area contributed by atoms with Crippen LogP contribution in [0, 0.1) is 6.92 Å². The van der Waals surface area contributed by atoms with E-state index in [1.807, 2.05) is 55.1 Å². The van der Waals surface area contributed by atoms with Gasteiger partial charge in [-0.1, -0.05) is 0 Å². The van der Waals surface area contributed by atoms with Crippen molar-refractivity contribution in [3.05, 3.63) is 58.9 Å². The number of nitrogens with zero attached hydrogens (tertiary/aromatic N) is 4. The first-order valence-electron chi connectivity index (χ1n) is 7.58. The molecule has 0 spiro atoms. The van der Waals surface area contributed by atoms with Crippen molar-refractivity contribution in [3.63, 3.8) is 0 Å². The minimum absolute atomic E-state index is 0.0873. The fraction of sp³-hybridized carbons (Fsp3) is 0.167. The summed E-state index contributed by atoms with van der Waals surface area (Å²) in [7, 11) is 3.53. The molecule has 4 aromatic rings. The van der Waals surface area contributed by atoms with Crippen molar-refractivity contribution in [2.24, 2.45) is 7.05 Å². The SMILES string of the molecule is COc1ccc(-n2c(=O)c3ccn(C)c3c3nc(C)ncc32)cc1. The van der Waals surface area contributed by atoms with Crippen LogP contribution in [-0.2, 0) is 7.05 Å². The zero-order valence-corrected chi connectivity index (χ0v) is 13.6. The molecule has 0 bridgehead atoms. The molecule has 24 heavy (non-hydrogen) atoms. The van der Waals surface area contributed by atoms with Crippen LogP contribution in [-0.4, -0.2) is 26.2 Å². The maximum atomic E-state index is 13.1. The number of fused-ring (bicyclic) bond motifs is 3. The monoisotopic (exact) mass is 320 g/mol. The molecular formula is C18H16N4O2. The van der Waals surface area contributed by atoms with E-state index in [1.54, 1.807) is 17.9 Å². The highest BCUT2D eigenvalue weighted by Gasteiger charge is 2.16. The number of hydrogen-bond donors (Lipinski definition) is 0. The van der Waals surface area contributed by atoms with Gasteiger partial charge in [-0.3, -0.25) is 9.36 Å². The highest BCUT2D eigenvalue weighted by Crippen LogP contribution is 2.24. The first kappa shape index (κ1) is 14.4. The van der Waals surface area contributed by atoms with E-state index in [0.717, 1.165) is 22.5 Å². The van der Waals surface area contributed by atoms with Crippen LogP contribution in [0.15, 0.2) is 47.5 Å². The van der Waals surface area contributed by atoms with Crippen molar-refractivity contribution in [1.29, 1.82) is 0 Å². The molecule has 0 saturated heterocycles. The molecule has 4 rings (SSSR count).